The largest absolute Gasteiger partial charge is 0.370 e. The van der Waals surface area contributed by atoms with Crippen LogP contribution in [0.5, 0.6) is 0 Å². The maximum Gasteiger partial charge on any atom is 0.130 e. The van der Waals surface area contributed by atoms with Crippen LogP contribution in [0.15, 0.2) is 42.6 Å². The van der Waals surface area contributed by atoms with Gasteiger partial charge in [-0.3, -0.25) is 0 Å². The van der Waals surface area contributed by atoms with E-state index >= 15 is 0 Å². The Hall–Kier alpha value is -1.87. The lowest BCUT2D eigenvalue weighted by Gasteiger charge is -2.13. The Bertz CT molecular complexity index is 521. The van der Waals surface area contributed by atoms with Crippen molar-refractivity contribution in [2.75, 3.05) is 11.9 Å². The van der Waals surface area contributed by atoms with E-state index in [-0.39, 0.29) is 0 Å². The van der Waals surface area contributed by atoms with Gasteiger partial charge in [0.15, 0.2) is 0 Å². The molecular formula is C16H21N3. The molecule has 0 spiro atoms. The van der Waals surface area contributed by atoms with Crippen molar-refractivity contribution in [3.05, 3.63) is 48.2 Å². The highest BCUT2D eigenvalue weighted by atomic mass is 15.0. The topological polar surface area (TPSA) is 50.9 Å². The van der Waals surface area contributed by atoms with Gasteiger partial charge in [0, 0.05) is 30.4 Å². The van der Waals surface area contributed by atoms with Crippen LogP contribution < -0.4 is 11.1 Å². The van der Waals surface area contributed by atoms with Crippen LogP contribution in [0.3, 0.4) is 0 Å². The molecule has 0 saturated carbocycles. The minimum absolute atomic E-state index is 0.494. The van der Waals surface area contributed by atoms with E-state index in [1.54, 1.807) is 0 Å². The molecule has 0 radical (unpaired) electrons. The second kappa shape index (κ2) is 6.34. The number of rotatable bonds is 5. The van der Waals surface area contributed by atoms with E-state index in [0.717, 1.165) is 23.5 Å². The molecule has 1 heterocycles. The number of hydrogen-bond acceptors (Lipinski definition) is 3. The van der Waals surface area contributed by atoms with Crippen LogP contribution >= 0.6 is 0 Å². The fourth-order valence-corrected chi connectivity index (χ4v) is 1.91. The molecule has 2 rings (SSSR count). The fourth-order valence-electron chi connectivity index (χ4n) is 1.91. The molecule has 3 heteroatoms. The number of hydrogen-bond donors (Lipinski definition) is 2. The summed E-state index contributed by atoms with van der Waals surface area (Å²) in [5.41, 5.74) is 9.16. The molecule has 1 aromatic carbocycles. The van der Waals surface area contributed by atoms with Gasteiger partial charge in [0.05, 0.1) is 0 Å². The Morgan fingerprint density at radius 2 is 1.89 bits per heavy atom. The maximum absolute atomic E-state index is 5.82. The monoisotopic (exact) mass is 255 g/mol. The molecule has 3 nitrogen and oxygen atoms in total. The van der Waals surface area contributed by atoms with Crippen LogP contribution in [-0.2, 0) is 6.54 Å². The van der Waals surface area contributed by atoms with E-state index in [1.165, 1.54) is 5.56 Å². The predicted octanol–water partition coefficient (Wildman–Crippen LogP) is 3.28. The lowest BCUT2D eigenvalue weighted by atomic mass is 10.1. The van der Waals surface area contributed by atoms with Crippen LogP contribution in [0.2, 0.25) is 0 Å². The van der Waals surface area contributed by atoms with Crippen molar-refractivity contribution in [2.45, 2.75) is 20.4 Å². The first kappa shape index (κ1) is 13.6. The second-order valence-electron chi connectivity index (χ2n) is 5.08. The summed E-state index contributed by atoms with van der Waals surface area (Å²) in [5, 5.41) is 3.35. The predicted molar refractivity (Wildman–Crippen MR) is 80.9 cm³/mol. The summed E-state index contributed by atoms with van der Waals surface area (Å²) >= 11 is 0. The normalized spacial score (nSPS) is 10.7. The summed E-state index contributed by atoms with van der Waals surface area (Å²) in [7, 11) is 0. The van der Waals surface area contributed by atoms with Crippen LogP contribution in [-0.4, -0.2) is 11.5 Å². The summed E-state index contributed by atoms with van der Waals surface area (Å²) in [4.78, 5) is 4.51. The third-order valence-corrected chi connectivity index (χ3v) is 2.97. The summed E-state index contributed by atoms with van der Waals surface area (Å²) in [6, 6.07) is 12.4. The van der Waals surface area contributed by atoms with E-state index in [2.05, 4.69) is 42.3 Å². The van der Waals surface area contributed by atoms with Gasteiger partial charge in [0.2, 0.25) is 0 Å². The first-order chi connectivity index (χ1) is 9.20. The molecule has 0 aliphatic heterocycles. The van der Waals surface area contributed by atoms with E-state index in [1.807, 2.05) is 24.4 Å². The fraction of sp³-hybridized carbons (Fsp3) is 0.312. The molecule has 0 unspecified atom stereocenters. The third-order valence-electron chi connectivity index (χ3n) is 2.97. The van der Waals surface area contributed by atoms with Crippen molar-refractivity contribution in [1.82, 2.24) is 4.98 Å². The maximum atomic E-state index is 5.82. The Morgan fingerprint density at radius 3 is 2.53 bits per heavy atom. The molecule has 3 N–H and O–H groups in total. The van der Waals surface area contributed by atoms with Crippen molar-refractivity contribution in [3.63, 3.8) is 0 Å². The van der Waals surface area contributed by atoms with Crippen LogP contribution in [0.1, 0.15) is 19.4 Å². The summed E-state index contributed by atoms with van der Waals surface area (Å²) in [5.74, 6) is 1.48. The third kappa shape index (κ3) is 3.55. The van der Waals surface area contributed by atoms with Crippen molar-refractivity contribution in [3.8, 4) is 11.1 Å². The van der Waals surface area contributed by atoms with Crippen molar-refractivity contribution < 1.29 is 0 Å². The molecule has 0 atom stereocenters. The number of nitrogens with two attached hydrogens (primary N) is 1. The molecule has 2 aromatic rings. The number of nitrogens with one attached hydrogen (secondary N) is 1. The number of pyridine rings is 1. The lowest BCUT2D eigenvalue weighted by molar-refractivity contribution is 0.686. The van der Waals surface area contributed by atoms with Gasteiger partial charge in [-0.2, -0.15) is 0 Å². The molecule has 0 amide bonds. The van der Waals surface area contributed by atoms with Gasteiger partial charge in [0.25, 0.3) is 0 Å². The number of aromatic nitrogens is 1. The molecule has 0 fully saturated rings. The molecular weight excluding hydrogens is 234 g/mol. The minimum atomic E-state index is 0.494. The number of nitrogens with zero attached hydrogens (tertiary/aromatic N) is 1. The Kier molecular flexibility index (Phi) is 4.53. The Morgan fingerprint density at radius 1 is 1.16 bits per heavy atom. The summed E-state index contributed by atoms with van der Waals surface area (Å²) in [6.07, 6.45) is 1.90. The van der Waals surface area contributed by atoms with E-state index < -0.39 is 0 Å². The van der Waals surface area contributed by atoms with E-state index in [4.69, 9.17) is 5.73 Å². The van der Waals surface area contributed by atoms with Crippen LogP contribution in [0, 0.1) is 5.92 Å². The molecule has 0 aliphatic carbocycles. The van der Waals surface area contributed by atoms with Crippen molar-refractivity contribution in [1.29, 1.82) is 0 Å². The standard InChI is InChI=1S/C16H21N3/c1-12(2)10-18-16-14(9-17)8-15(11-19-16)13-6-4-3-5-7-13/h3-8,11-12H,9-10,17H2,1-2H3,(H,18,19). The first-order valence-electron chi connectivity index (χ1n) is 6.69. The van der Waals surface area contributed by atoms with Gasteiger partial charge >= 0.3 is 0 Å². The zero-order chi connectivity index (χ0) is 13.7. The minimum Gasteiger partial charge on any atom is -0.370 e. The smallest absolute Gasteiger partial charge is 0.130 e. The molecule has 19 heavy (non-hydrogen) atoms. The molecule has 0 bridgehead atoms. The zero-order valence-corrected chi connectivity index (χ0v) is 11.6. The SMILES string of the molecule is CC(C)CNc1ncc(-c2ccccc2)cc1CN. The average Bonchev–Trinajstić information content (AvgIpc) is 2.45. The Labute approximate surface area is 114 Å². The van der Waals surface area contributed by atoms with Gasteiger partial charge in [-0.1, -0.05) is 44.2 Å². The zero-order valence-electron chi connectivity index (χ0n) is 11.6. The quantitative estimate of drug-likeness (QED) is 0.862. The van der Waals surface area contributed by atoms with E-state index in [0.29, 0.717) is 12.5 Å². The van der Waals surface area contributed by atoms with Gasteiger partial charge < -0.3 is 11.1 Å². The summed E-state index contributed by atoms with van der Waals surface area (Å²) in [6.45, 7) is 5.75. The van der Waals surface area contributed by atoms with Gasteiger partial charge in [0.1, 0.15) is 5.82 Å². The highest BCUT2D eigenvalue weighted by Gasteiger charge is 2.06. The number of anilines is 1. The molecule has 1 aromatic heterocycles. The van der Waals surface area contributed by atoms with Crippen molar-refractivity contribution in [2.24, 2.45) is 11.7 Å². The Balaban J connectivity index is 2.26. The number of benzene rings is 1. The first-order valence-corrected chi connectivity index (χ1v) is 6.69. The van der Waals surface area contributed by atoms with Gasteiger partial charge in [-0.15, -0.1) is 0 Å². The average molecular weight is 255 g/mol. The highest BCUT2D eigenvalue weighted by molar-refractivity contribution is 5.65. The van der Waals surface area contributed by atoms with Crippen LogP contribution in [0.4, 0.5) is 5.82 Å². The lowest BCUT2D eigenvalue weighted by Crippen LogP contribution is -2.12. The molecule has 0 aliphatic rings. The second-order valence-corrected chi connectivity index (χ2v) is 5.08. The van der Waals surface area contributed by atoms with Gasteiger partial charge in [-0.05, 0) is 17.5 Å². The molecule has 0 saturated heterocycles. The van der Waals surface area contributed by atoms with E-state index in [9.17, 15) is 0 Å². The van der Waals surface area contributed by atoms with Crippen molar-refractivity contribution >= 4 is 5.82 Å². The molecule has 100 valence electrons. The highest BCUT2D eigenvalue weighted by Crippen LogP contribution is 2.22. The van der Waals surface area contributed by atoms with Crippen LogP contribution in [0.25, 0.3) is 11.1 Å². The van der Waals surface area contributed by atoms with Gasteiger partial charge in [-0.25, -0.2) is 4.98 Å². The summed E-state index contributed by atoms with van der Waals surface area (Å²) < 4.78 is 0.